The van der Waals surface area contributed by atoms with Gasteiger partial charge in [-0.3, -0.25) is 14.4 Å². The largest absolute Gasteiger partial charge is 0.480 e. The Balaban J connectivity index is 3.03. The third-order valence-electron chi connectivity index (χ3n) is 2.90. The van der Waals surface area contributed by atoms with Crippen molar-refractivity contribution in [2.24, 2.45) is 0 Å². The van der Waals surface area contributed by atoms with Crippen molar-refractivity contribution in [3.05, 3.63) is 27.2 Å². The fourth-order valence-corrected chi connectivity index (χ4v) is 1.58. The van der Waals surface area contributed by atoms with Gasteiger partial charge in [0, 0.05) is 0 Å². The Bertz CT molecular complexity index is 636. The molecule has 9 heteroatoms. The number of carboxylic acids is 1. The fraction of sp³-hybridized carbons (Fsp3) is 0.417. The lowest BCUT2D eigenvalue weighted by molar-refractivity contribution is -0.147. The fourth-order valence-electron chi connectivity index (χ4n) is 1.58. The summed E-state index contributed by atoms with van der Waals surface area (Å²) in [5.41, 5.74) is -0.213. The zero-order valence-corrected chi connectivity index (χ0v) is 11.7. The van der Waals surface area contributed by atoms with Crippen LogP contribution in [0.5, 0.6) is 0 Å². The molecule has 0 saturated carbocycles. The topological polar surface area (TPSA) is 138 Å². The summed E-state index contributed by atoms with van der Waals surface area (Å²) in [4.78, 5) is 45.8. The van der Waals surface area contributed by atoms with Gasteiger partial charge in [-0.25, -0.2) is 9.89 Å². The molecule has 0 radical (unpaired) electrons. The van der Waals surface area contributed by atoms with Crippen LogP contribution in [0.1, 0.15) is 28.0 Å². The molecule has 0 unspecified atom stereocenters. The van der Waals surface area contributed by atoms with Gasteiger partial charge in [-0.05, 0) is 19.4 Å². The SMILES string of the molecule is COC(=O)C[C@H](NC(=O)c1c(C)c(C)n[nH]c1=O)C(=O)O. The van der Waals surface area contributed by atoms with Crippen LogP contribution in [0, 0.1) is 13.8 Å². The Hall–Kier alpha value is -2.71. The molecule has 114 valence electrons. The smallest absolute Gasteiger partial charge is 0.326 e. The summed E-state index contributed by atoms with van der Waals surface area (Å²) < 4.78 is 4.35. The van der Waals surface area contributed by atoms with Gasteiger partial charge in [0.15, 0.2) is 0 Å². The van der Waals surface area contributed by atoms with Crippen LogP contribution in [0.25, 0.3) is 0 Å². The van der Waals surface area contributed by atoms with E-state index in [0.29, 0.717) is 11.3 Å². The number of nitrogens with one attached hydrogen (secondary N) is 2. The molecule has 1 aromatic heterocycles. The van der Waals surface area contributed by atoms with Crippen molar-refractivity contribution in [3.8, 4) is 0 Å². The van der Waals surface area contributed by atoms with Crippen molar-refractivity contribution in [3.63, 3.8) is 0 Å². The maximum absolute atomic E-state index is 12.0. The molecule has 0 bridgehead atoms. The van der Waals surface area contributed by atoms with Crippen LogP contribution in [0.3, 0.4) is 0 Å². The second kappa shape index (κ2) is 6.64. The summed E-state index contributed by atoms with van der Waals surface area (Å²) in [5, 5.41) is 16.9. The molecule has 21 heavy (non-hydrogen) atoms. The normalized spacial score (nSPS) is 11.6. The zero-order chi connectivity index (χ0) is 16.2. The first-order chi connectivity index (χ1) is 9.77. The van der Waals surface area contributed by atoms with Crippen LogP contribution in [0.4, 0.5) is 0 Å². The van der Waals surface area contributed by atoms with Crippen LogP contribution in [-0.4, -0.2) is 46.3 Å². The maximum atomic E-state index is 12.0. The number of aromatic nitrogens is 2. The van der Waals surface area contributed by atoms with Gasteiger partial charge in [0.25, 0.3) is 11.5 Å². The number of carbonyl (C=O) groups is 3. The predicted molar refractivity (Wildman–Crippen MR) is 69.9 cm³/mol. The van der Waals surface area contributed by atoms with E-state index in [4.69, 9.17) is 5.11 Å². The number of amides is 1. The average molecular weight is 297 g/mol. The minimum atomic E-state index is -1.49. The first kappa shape index (κ1) is 16.3. The minimum absolute atomic E-state index is 0.237. The Kier molecular flexibility index (Phi) is 5.17. The van der Waals surface area contributed by atoms with E-state index in [1.54, 1.807) is 6.92 Å². The van der Waals surface area contributed by atoms with Crippen LogP contribution in [-0.2, 0) is 14.3 Å². The van der Waals surface area contributed by atoms with Crippen LogP contribution >= 0.6 is 0 Å². The van der Waals surface area contributed by atoms with E-state index < -0.39 is 35.9 Å². The number of methoxy groups -OCH3 is 1. The number of ether oxygens (including phenoxy) is 1. The molecule has 0 aliphatic heterocycles. The van der Waals surface area contributed by atoms with E-state index >= 15 is 0 Å². The molecule has 0 saturated heterocycles. The Morgan fingerprint density at radius 2 is 2.00 bits per heavy atom. The first-order valence-corrected chi connectivity index (χ1v) is 5.94. The van der Waals surface area contributed by atoms with Gasteiger partial charge >= 0.3 is 11.9 Å². The predicted octanol–water partition coefficient (Wildman–Crippen LogP) is -0.867. The lowest BCUT2D eigenvalue weighted by Crippen LogP contribution is -2.44. The van der Waals surface area contributed by atoms with Gasteiger partial charge in [-0.2, -0.15) is 5.10 Å². The second-order valence-corrected chi connectivity index (χ2v) is 4.28. The Labute approximate surface area is 119 Å². The summed E-state index contributed by atoms with van der Waals surface area (Å²) in [5.74, 6) is -3.09. The van der Waals surface area contributed by atoms with Crippen molar-refractivity contribution >= 4 is 17.8 Å². The number of aliphatic carboxylic acids is 1. The number of carboxylic acid groups (broad SMARTS) is 1. The third-order valence-corrected chi connectivity index (χ3v) is 2.90. The van der Waals surface area contributed by atoms with Gasteiger partial charge in [-0.15, -0.1) is 0 Å². The number of H-pyrrole nitrogens is 1. The molecule has 0 aliphatic carbocycles. The number of hydrogen-bond acceptors (Lipinski definition) is 6. The van der Waals surface area contributed by atoms with E-state index in [-0.39, 0.29) is 5.56 Å². The molecular formula is C12H15N3O6. The number of esters is 1. The molecule has 1 atom stereocenters. The molecular weight excluding hydrogens is 282 g/mol. The lowest BCUT2D eigenvalue weighted by atomic mass is 10.1. The zero-order valence-electron chi connectivity index (χ0n) is 11.7. The van der Waals surface area contributed by atoms with Crippen LogP contribution in [0.2, 0.25) is 0 Å². The highest BCUT2D eigenvalue weighted by Crippen LogP contribution is 2.06. The number of rotatable bonds is 5. The van der Waals surface area contributed by atoms with Gasteiger partial charge < -0.3 is 15.2 Å². The van der Waals surface area contributed by atoms with E-state index in [2.05, 4.69) is 20.3 Å². The monoisotopic (exact) mass is 297 g/mol. The maximum Gasteiger partial charge on any atom is 0.326 e. The molecule has 1 heterocycles. The van der Waals surface area contributed by atoms with Crippen molar-refractivity contribution in [1.29, 1.82) is 0 Å². The van der Waals surface area contributed by atoms with E-state index in [0.717, 1.165) is 7.11 Å². The molecule has 9 nitrogen and oxygen atoms in total. The first-order valence-electron chi connectivity index (χ1n) is 5.94. The molecule has 3 N–H and O–H groups in total. The van der Waals surface area contributed by atoms with Crippen molar-refractivity contribution in [1.82, 2.24) is 15.5 Å². The van der Waals surface area contributed by atoms with E-state index in [1.165, 1.54) is 6.92 Å². The molecule has 0 spiro atoms. The summed E-state index contributed by atoms with van der Waals surface area (Å²) >= 11 is 0. The van der Waals surface area contributed by atoms with E-state index in [9.17, 15) is 19.2 Å². The molecule has 1 aromatic rings. The van der Waals surface area contributed by atoms with Gasteiger partial charge in [0.1, 0.15) is 11.6 Å². The highest BCUT2D eigenvalue weighted by atomic mass is 16.5. The van der Waals surface area contributed by atoms with E-state index in [1.807, 2.05) is 0 Å². The third kappa shape index (κ3) is 3.88. The Morgan fingerprint density at radius 1 is 1.38 bits per heavy atom. The molecule has 0 aromatic carbocycles. The number of carbonyl (C=O) groups excluding carboxylic acids is 2. The van der Waals surface area contributed by atoms with Gasteiger partial charge in [0.2, 0.25) is 0 Å². The minimum Gasteiger partial charge on any atom is -0.480 e. The van der Waals surface area contributed by atoms with Crippen molar-refractivity contribution in [2.75, 3.05) is 7.11 Å². The van der Waals surface area contributed by atoms with Gasteiger partial charge in [-0.1, -0.05) is 0 Å². The highest BCUT2D eigenvalue weighted by Gasteiger charge is 2.26. The molecule has 1 amide bonds. The summed E-state index contributed by atoms with van der Waals surface area (Å²) in [6.07, 6.45) is -0.543. The Morgan fingerprint density at radius 3 is 2.52 bits per heavy atom. The quantitative estimate of drug-likeness (QED) is 0.600. The second-order valence-electron chi connectivity index (χ2n) is 4.28. The van der Waals surface area contributed by atoms with Gasteiger partial charge in [0.05, 0.1) is 19.2 Å². The average Bonchev–Trinajstić information content (AvgIpc) is 2.42. The molecule has 1 rings (SSSR count). The summed E-state index contributed by atoms with van der Waals surface area (Å²) in [6.45, 7) is 3.10. The number of aromatic amines is 1. The highest BCUT2D eigenvalue weighted by molar-refractivity contribution is 5.98. The summed E-state index contributed by atoms with van der Waals surface area (Å²) in [7, 11) is 1.10. The molecule has 0 aliphatic rings. The molecule has 0 fully saturated rings. The standard InChI is InChI=1S/C12H15N3O6/c1-5-6(2)14-15-11(18)9(5)10(17)13-7(12(19)20)4-8(16)21-3/h7H,4H2,1-3H3,(H,13,17)(H,15,18)(H,19,20)/t7-/m0/s1. The van der Waals surface area contributed by atoms with Crippen molar-refractivity contribution in [2.45, 2.75) is 26.3 Å². The van der Waals surface area contributed by atoms with Crippen molar-refractivity contribution < 1.29 is 24.2 Å². The van der Waals surface area contributed by atoms with Crippen LogP contribution in [0.15, 0.2) is 4.79 Å². The number of aryl methyl sites for hydroxylation is 1. The number of hydrogen-bond donors (Lipinski definition) is 3. The van der Waals surface area contributed by atoms with Crippen LogP contribution < -0.4 is 10.9 Å². The lowest BCUT2D eigenvalue weighted by Gasteiger charge is -2.14. The number of nitrogens with zero attached hydrogens (tertiary/aromatic N) is 1. The summed E-state index contributed by atoms with van der Waals surface area (Å²) in [6, 6.07) is -1.49.